The second-order valence-electron chi connectivity index (χ2n) is 8.06. The first-order valence-electron chi connectivity index (χ1n) is 10.9. The number of carbonyl (C=O) groups is 2. The highest BCUT2D eigenvalue weighted by atomic mass is 16.5. The molecule has 3 rings (SSSR count). The normalized spacial score (nSPS) is 14.0. The van der Waals surface area contributed by atoms with E-state index in [4.69, 9.17) is 9.47 Å². The highest BCUT2D eigenvalue weighted by Crippen LogP contribution is 2.42. The first kappa shape index (κ1) is 24.1. The number of methoxy groups -OCH3 is 2. The van der Waals surface area contributed by atoms with Gasteiger partial charge in [-0.05, 0) is 50.8 Å². The Bertz CT molecular complexity index is 1060. The van der Waals surface area contributed by atoms with E-state index in [2.05, 4.69) is 10.6 Å². The average Bonchev–Trinajstić information content (AvgIpc) is 3.11. The molecule has 0 aromatic heterocycles. The van der Waals surface area contributed by atoms with Crippen LogP contribution < -0.4 is 25.0 Å². The standard InChI is InChI=1S/C25H32N4O4/c1-7-20(24-19-14-22(32-5)23(33-6)15-21(19)27-25(24)31)26-17-8-10-18(11-9-17)29(16(2)30)13-12-28(3)4/h8-11,14-15,26H,7,12-13H2,1-6H3,(H,27,31). The summed E-state index contributed by atoms with van der Waals surface area (Å²) in [4.78, 5) is 28.7. The molecule has 0 atom stereocenters. The maximum atomic E-state index is 12.8. The smallest absolute Gasteiger partial charge is 0.258 e. The summed E-state index contributed by atoms with van der Waals surface area (Å²) >= 11 is 0. The molecule has 1 aliphatic rings. The summed E-state index contributed by atoms with van der Waals surface area (Å²) in [5, 5.41) is 6.30. The molecule has 8 nitrogen and oxygen atoms in total. The zero-order valence-corrected chi connectivity index (χ0v) is 20.1. The van der Waals surface area contributed by atoms with Crippen LogP contribution in [0.3, 0.4) is 0 Å². The molecule has 2 N–H and O–H groups in total. The van der Waals surface area contributed by atoms with Crippen LogP contribution in [0.15, 0.2) is 42.1 Å². The van der Waals surface area contributed by atoms with Gasteiger partial charge in [0.05, 0.1) is 25.5 Å². The van der Waals surface area contributed by atoms with E-state index >= 15 is 0 Å². The van der Waals surface area contributed by atoms with Crippen molar-refractivity contribution < 1.29 is 19.1 Å². The van der Waals surface area contributed by atoms with Crippen LogP contribution in [0.25, 0.3) is 5.57 Å². The Kier molecular flexibility index (Phi) is 7.60. The van der Waals surface area contributed by atoms with Gasteiger partial charge in [0.25, 0.3) is 5.91 Å². The number of amides is 2. The van der Waals surface area contributed by atoms with Gasteiger partial charge in [0.15, 0.2) is 11.5 Å². The molecule has 8 heteroatoms. The minimum absolute atomic E-state index is 0.00228. The minimum atomic E-state index is -0.173. The van der Waals surface area contributed by atoms with Crippen LogP contribution in [0.2, 0.25) is 0 Å². The van der Waals surface area contributed by atoms with Gasteiger partial charge < -0.3 is 29.9 Å². The fourth-order valence-electron chi connectivity index (χ4n) is 3.79. The number of likely N-dealkylation sites (N-methyl/N-ethyl adjacent to an activating group) is 1. The maximum Gasteiger partial charge on any atom is 0.258 e. The fraction of sp³-hybridized carbons (Fsp3) is 0.360. The molecule has 0 radical (unpaired) electrons. The lowest BCUT2D eigenvalue weighted by Crippen LogP contribution is -2.35. The minimum Gasteiger partial charge on any atom is -0.493 e. The number of benzene rings is 2. The highest BCUT2D eigenvalue weighted by Gasteiger charge is 2.29. The Morgan fingerprint density at radius 3 is 2.21 bits per heavy atom. The molecule has 176 valence electrons. The van der Waals surface area contributed by atoms with Crippen LogP contribution in [0.1, 0.15) is 25.8 Å². The van der Waals surface area contributed by atoms with Crippen LogP contribution in [0, 0.1) is 0 Å². The molecule has 0 fully saturated rings. The SMILES string of the molecule is CCC(Nc1ccc(N(CCN(C)C)C(C)=O)cc1)=C1C(=O)Nc2cc(OC)c(OC)cc21. The quantitative estimate of drug-likeness (QED) is 0.563. The van der Waals surface area contributed by atoms with E-state index in [1.165, 1.54) is 0 Å². The number of nitrogens with one attached hydrogen (secondary N) is 2. The number of fused-ring (bicyclic) bond motifs is 1. The first-order valence-corrected chi connectivity index (χ1v) is 10.9. The molecule has 0 bridgehead atoms. The van der Waals surface area contributed by atoms with E-state index < -0.39 is 0 Å². The topological polar surface area (TPSA) is 83.1 Å². The second kappa shape index (κ2) is 10.4. The number of nitrogens with zero attached hydrogens (tertiary/aromatic N) is 2. The first-order chi connectivity index (χ1) is 15.8. The predicted molar refractivity (Wildman–Crippen MR) is 132 cm³/mol. The molecule has 0 saturated heterocycles. The monoisotopic (exact) mass is 452 g/mol. The maximum absolute atomic E-state index is 12.8. The van der Waals surface area contributed by atoms with Crippen molar-refractivity contribution in [2.24, 2.45) is 0 Å². The van der Waals surface area contributed by atoms with Gasteiger partial charge in [-0.3, -0.25) is 9.59 Å². The molecule has 0 unspecified atom stereocenters. The number of ether oxygens (including phenoxy) is 2. The Hall–Kier alpha value is -3.52. The molecule has 1 aliphatic heterocycles. The van der Waals surface area contributed by atoms with Gasteiger partial charge >= 0.3 is 0 Å². The second-order valence-corrected chi connectivity index (χ2v) is 8.06. The Morgan fingerprint density at radius 2 is 1.67 bits per heavy atom. The van der Waals surface area contributed by atoms with Crippen LogP contribution in [0.5, 0.6) is 11.5 Å². The van der Waals surface area contributed by atoms with Crippen LogP contribution >= 0.6 is 0 Å². The summed E-state index contributed by atoms with van der Waals surface area (Å²) in [5.74, 6) is 0.945. The largest absolute Gasteiger partial charge is 0.493 e. The third-order valence-electron chi connectivity index (χ3n) is 5.55. The van der Waals surface area contributed by atoms with Crippen molar-refractivity contribution in [1.82, 2.24) is 4.90 Å². The molecule has 0 spiro atoms. The van der Waals surface area contributed by atoms with E-state index in [1.807, 2.05) is 56.3 Å². The summed E-state index contributed by atoms with van der Waals surface area (Å²) in [5.41, 5.74) is 4.50. The van der Waals surface area contributed by atoms with Gasteiger partial charge in [0, 0.05) is 48.7 Å². The van der Waals surface area contributed by atoms with E-state index in [0.29, 0.717) is 35.7 Å². The van der Waals surface area contributed by atoms with E-state index in [-0.39, 0.29) is 11.8 Å². The molecule has 2 aromatic carbocycles. The zero-order chi connectivity index (χ0) is 24.1. The van der Waals surface area contributed by atoms with Crippen molar-refractivity contribution in [2.75, 3.05) is 56.9 Å². The third kappa shape index (κ3) is 5.28. The lowest BCUT2D eigenvalue weighted by molar-refractivity contribution is -0.116. The summed E-state index contributed by atoms with van der Waals surface area (Å²) < 4.78 is 10.8. The van der Waals surface area contributed by atoms with Crippen molar-refractivity contribution >= 4 is 34.4 Å². The van der Waals surface area contributed by atoms with Gasteiger partial charge in [-0.15, -0.1) is 0 Å². The van der Waals surface area contributed by atoms with Gasteiger partial charge in [0.2, 0.25) is 5.91 Å². The summed E-state index contributed by atoms with van der Waals surface area (Å²) in [6.45, 7) is 4.95. The van der Waals surface area contributed by atoms with Crippen LogP contribution in [-0.4, -0.2) is 58.1 Å². The van der Waals surface area contributed by atoms with Crippen molar-refractivity contribution in [3.05, 3.63) is 47.7 Å². The average molecular weight is 453 g/mol. The van der Waals surface area contributed by atoms with E-state index in [1.54, 1.807) is 32.1 Å². The zero-order valence-electron chi connectivity index (χ0n) is 20.1. The Morgan fingerprint density at radius 1 is 1.03 bits per heavy atom. The molecule has 2 aromatic rings. The third-order valence-corrected chi connectivity index (χ3v) is 5.55. The molecule has 0 saturated carbocycles. The fourth-order valence-corrected chi connectivity index (χ4v) is 3.79. The summed E-state index contributed by atoms with van der Waals surface area (Å²) in [6.07, 6.45) is 0.626. The molecule has 1 heterocycles. The highest BCUT2D eigenvalue weighted by molar-refractivity contribution is 6.32. The lowest BCUT2D eigenvalue weighted by atomic mass is 10.0. The van der Waals surface area contributed by atoms with Gasteiger partial charge in [-0.2, -0.15) is 0 Å². The molecular weight excluding hydrogens is 420 g/mol. The van der Waals surface area contributed by atoms with Crippen LogP contribution in [-0.2, 0) is 9.59 Å². The Labute approximate surface area is 195 Å². The van der Waals surface area contributed by atoms with Crippen molar-refractivity contribution in [3.63, 3.8) is 0 Å². The number of carbonyl (C=O) groups excluding carboxylic acids is 2. The Balaban J connectivity index is 1.90. The molecule has 0 aliphatic carbocycles. The van der Waals surface area contributed by atoms with Crippen molar-refractivity contribution in [2.45, 2.75) is 20.3 Å². The van der Waals surface area contributed by atoms with Gasteiger partial charge in [0.1, 0.15) is 0 Å². The summed E-state index contributed by atoms with van der Waals surface area (Å²) in [6, 6.07) is 11.2. The van der Waals surface area contributed by atoms with Gasteiger partial charge in [-0.1, -0.05) is 6.92 Å². The predicted octanol–water partition coefficient (Wildman–Crippen LogP) is 3.80. The molecule has 2 amide bonds. The number of rotatable bonds is 9. The molecule has 33 heavy (non-hydrogen) atoms. The number of anilines is 3. The lowest BCUT2D eigenvalue weighted by Gasteiger charge is -2.23. The van der Waals surface area contributed by atoms with E-state index in [9.17, 15) is 9.59 Å². The number of hydrogen-bond acceptors (Lipinski definition) is 6. The van der Waals surface area contributed by atoms with Gasteiger partial charge in [-0.25, -0.2) is 0 Å². The number of hydrogen-bond donors (Lipinski definition) is 2. The van der Waals surface area contributed by atoms with Crippen LogP contribution in [0.4, 0.5) is 17.1 Å². The number of allylic oxidation sites excluding steroid dienone is 1. The van der Waals surface area contributed by atoms with Crippen molar-refractivity contribution in [3.8, 4) is 11.5 Å². The van der Waals surface area contributed by atoms with E-state index in [0.717, 1.165) is 29.2 Å². The van der Waals surface area contributed by atoms with Crippen molar-refractivity contribution in [1.29, 1.82) is 0 Å². The molecular formula is C25H32N4O4. The summed E-state index contributed by atoms with van der Waals surface area (Å²) in [7, 11) is 7.09.